The Labute approximate surface area is 95.1 Å². The molecule has 0 saturated heterocycles. The molecule has 0 aliphatic carbocycles. The van der Waals surface area contributed by atoms with E-state index in [9.17, 15) is 0 Å². The highest BCUT2D eigenvalue weighted by Crippen LogP contribution is 2.14. The smallest absolute Gasteiger partial charge is 0.166 e. The van der Waals surface area contributed by atoms with Gasteiger partial charge in [0.05, 0.1) is 0 Å². The molecule has 0 aliphatic heterocycles. The Balaban J connectivity index is 1.99. The van der Waals surface area contributed by atoms with E-state index in [0.717, 1.165) is 12.2 Å². The van der Waals surface area contributed by atoms with Crippen LogP contribution in [0.5, 0.6) is 5.75 Å². The quantitative estimate of drug-likeness (QED) is 0.784. The molecule has 0 fully saturated rings. The van der Waals surface area contributed by atoms with Gasteiger partial charge in [-0.1, -0.05) is 19.1 Å². The van der Waals surface area contributed by atoms with Crippen LogP contribution < -0.4 is 4.74 Å². The Morgan fingerprint density at radius 2 is 1.94 bits per heavy atom. The maximum absolute atomic E-state index is 5.61. The van der Waals surface area contributed by atoms with E-state index in [2.05, 4.69) is 23.0 Å². The van der Waals surface area contributed by atoms with E-state index in [1.807, 2.05) is 18.2 Å². The first-order valence-corrected chi connectivity index (χ1v) is 5.36. The largest absolute Gasteiger partial charge is 0.486 e. The second kappa shape index (κ2) is 5.26. The summed E-state index contributed by atoms with van der Waals surface area (Å²) in [6.07, 6.45) is 4.45. The van der Waals surface area contributed by atoms with Crippen molar-refractivity contribution in [1.82, 2.24) is 9.97 Å². The number of hydrogen-bond donors (Lipinski definition) is 0. The topological polar surface area (TPSA) is 35.0 Å². The molecule has 0 N–H and O–H groups in total. The monoisotopic (exact) mass is 214 g/mol. The Kier molecular flexibility index (Phi) is 3.49. The SMILES string of the molecule is CCc1cccc(OCc2ncccn2)c1. The highest BCUT2D eigenvalue weighted by atomic mass is 16.5. The van der Waals surface area contributed by atoms with Crippen LogP contribution in [0.4, 0.5) is 0 Å². The number of aryl methyl sites for hydroxylation is 1. The third-order valence-corrected chi connectivity index (χ3v) is 2.29. The van der Waals surface area contributed by atoms with Gasteiger partial charge >= 0.3 is 0 Å². The summed E-state index contributed by atoms with van der Waals surface area (Å²) in [5, 5.41) is 0. The maximum atomic E-state index is 5.61. The molecule has 0 spiro atoms. The Bertz CT molecular complexity index is 443. The number of benzene rings is 1. The molecule has 3 nitrogen and oxygen atoms in total. The fourth-order valence-corrected chi connectivity index (χ4v) is 1.41. The van der Waals surface area contributed by atoms with Gasteiger partial charge in [-0.15, -0.1) is 0 Å². The molecule has 3 heteroatoms. The van der Waals surface area contributed by atoms with Gasteiger partial charge in [0.25, 0.3) is 0 Å². The summed E-state index contributed by atoms with van der Waals surface area (Å²) >= 11 is 0. The number of nitrogens with zero attached hydrogens (tertiary/aromatic N) is 2. The summed E-state index contributed by atoms with van der Waals surface area (Å²) in [5.41, 5.74) is 1.27. The van der Waals surface area contributed by atoms with E-state index in [-0.39, 0.29) is 0 Å². The summed E-state index contributed by atoms with van der Waals surface area (Å²) < 4.78 is 5.61. The highest BCUT2D eigenvalue weighted by Gasteiger charge is 1.98. The molecule has 1 aromatic carbocycles. The molecule has 1 heterocycles. The molecule has 0 aliphatic rings. The van der Waals surface area contributed by atoms with Crippen molar-refractivity contribution >= 4 is 0 Å². The molecule has 0 amide bonds. The number of rotatable bonds is 4. The Morgan fingerprint density at radius 3 is 2.69 bits per heavy atom. The minimum absolute atomic E-state index is 0.411. The molecule has 1 aromatic heterocycles. The van der Waals surface area contributed by atoms with Gasteiger partial charge < -0.3 is 4.74 Å². The second-order valence-electron chi connectivity index (χ2n) is 3.45. The third-order valence-electron chi connectivity index (χ3n) is 2.29. The minimum Gasteiger partial charge on any atom is -0.486 e. The van der Waals surface area contributed by atoms with Gasteiger partial charge in [-0.25, -0.2) is 9.97 Å². The van der Waals surface area contributed by atoms with Gasteiger partial charge in [0.15, 0.2) is 5.82 Å². The van der Waals surface area contributed by atoms with Gasteiger partial charge in [-0.05, 0) is 30.2 Å². The van der Waals surface area contributed by atoms with E-state index in [1.165, 1.54) is 5.56 Å². The Morgan fingerprint density at radius 1 is 1.12 bits per heavy atom. The molecular weight excluding hydrogens is 200 g/mol. The van der Waals surface area contributed by atoms with Crippen LogP contribution in [-0.2, 0) is 13.0 Å². The fraction of sp³-hybridized carbons (Fsp3) is 0.231. The van der Waals surface area contributed by atoms with Crippen LogP contribution >= 0.6 is 0 Å². The van der Waals surface area contributed by atoms with Gasteiger partial charge in [0.1, 0.15) is 12.4 Å². The summed E-state index contributed by atoms with van der Waals surface area (Å²) in [6, 6.07) is 9.87. The maximum Gasteiger partial charge on any atom is 0.166 e. The molecule has 2 rings (SSSR count). The molecular formula is C13H14N2O. The fourth-order valence-electron chi connectivity index (χ4n) is 1.41. The first-order valence-electron chi connectivity index (χ1n) is 5.36. The molecule has 0 unspecified atom stereocenters. The number of aromatic nitrogens is 2. The van der Waals surface area contributed by atoms with Crippen LogP contribution in [0.1, 0.15) is 18.3 Å². The lowest BCUT2D eigenvalue weighted by molar-refractivity contribution is 0.295. The zero-order valence-electron chi connectivity index (χ0n) is 9.26. The average Bonchev–Trinajstić information content (AvgIpc) is 2.38. The van der Waals surface area contributed by atoms with E-state index < -0.39 is 0 Å². The highest BCUT2D eigenvalue weighted by molar-refractivity contribution is 5.28. The number of hydrogen-bond acceptors (Lipinski definition) is 3. The zero-order valence-corrected chi connectivity index (χ0v) is 9.26. The predicted molar refractivity (Wildman–Crippen MR) is 62.2 cm³/mol. The molecule has 0 atom stereocenters. The van der Waals surface area contributed by atoms with Crippen LogP contribution in [0.2, 0.25) is 0 Å². The van der Waals surface area contributed by atoms with Crippen molar-refractivity contribution in [2.24, 2.45) is 0 Å². The molecule has 2 aromatic rings. The standard InChI is InChI=1S/C13H14N2O/c1-2-11-5-3-6-12(9-11)16-10-13-14-7-4-8-15-13/h3-9H,2,10H2,1H3. The van der Waals surface area contributed by atoms with E-state index >= 15 is 0 Å². The first-order chi connectivity index (χ1) is 7.88. The lowest BCUT2D eigenvalue weighted by Gasteiger charge is -2.06. The van der Waals surface area contributed by atoms with E-state index in [1.54, 1.807) is 18.5 Å². The van der Waals surface area contributed by atoms with Crippen molar-refractivity contribution in [3.8, 4) is 5.75 Å². The van der Waals surface area contributed by atoms with Crippen molar-refractivity contribution in [1.29, 1.82) is 0 Å². The summed E-state index contributed by atoms with van der Waals surface area (Å²) in [7, 11) is 0. The lowest BCUT2D eigenvalue weighted by atomic mass is 10.2. The van der Waals surface area contributed by atoms with Crippen molar-refractivity contribution < 1.29 is 4.74 Å². The summed E-state index contributed by atoms with van der Waals surface area (Å²) in [4.78, 5) is 8.20. The normalized spacial score (nSPS) is 10.1. The van der Waals surface area contributed by atoms with Gasteiger partial charge in [-0.2, -0.15) is 0 Å². The van der Waals surface area contributed by atoms with Gasteiger partial charge in [-0.3, -0.25) is 0 Å². The molecule has 0 radical (unpaired) electrons. The Hall–Kier alpha value is -1.90. The van der Waals surface area contributed by atoms with Crippen LogP contribution in [0.25, 0.3) is 0 Å². The summed E-state index contributed by atoms with van der Waals surface area (Å²) in [6.45, 7) is 2.54. The second-order valence-corrected chi connectivity index (χ2v) is 3.45. The van der Waals surface area contributed by atoms with E-state index in [0.29, 0.717) is 12.4 Å². The third kappa shape index (κ3) is 2.79. The number of ether oxygens (including phenoxy) is 1. The summed E-state index contributed by atoms with van der Waals surface area (Å²) in [5.74, 6) is 1.57. The first kappa shape index (κ1) is 10.6. The van der Waals surface area contributed by atoms with Crippen LogP contribution in [0.15, 0.2) is 42.7 Å². The predicted octanol–water partition coefficient (Wildman–Crippen LogP) is 2.62. The molecule has 0 saturated carbocycles. The molecule has 16 heavy (non-hydrogen) atoms. The molecule has 82 valence electrons. The van der Waals surface area contributed by atoms with Crippen LogP contribution in [-0.4, -0.2) is 9.97 Å². The van der Waals surface area contributed by atoms with Gasteiger partial charge in [0.2, 0.25) is 0 Å². The van der Waals surface area contributed by atoms with Crippen molar-refractivity contribution in [2.45, 2.75) is 20.0 Å². The van der Waals surface area contributed by atoms with Crippen molar-refractivity contribution in [2.75, 3.05) is 0 Å². The lowest BCUT2D eigenvalue weighted by Crippen LogP contribution is -2.00. The van der Waals surface area contributed by atoms with Crippen molar-refractivity contribution in [3.63, 3.8) is 0 Å². The van der Waals surface area contributed by atoms with Crippen LogP contribution in [0, 0.1) is 0 Å². The van der Waals surface area contributed by atoms with Crippen LogP contribution in [0.3, 0.4) is 0 Å². The van der Waals surface area contributed by atoms with E-state index in [4.69, 9.17) is 4.74 Å². The molecule has 0 bridgehead atoms. The van der Waals surface area contributed by atoms with Crippen molar-refractivity contribution in [3.05, 3.63) is 54.1 Å². The zero-order chi connectivity index (χ0) is 11.2. The average molecular weight is 214 g/mol. The minimum atomic E-state index is 0.411. The van der Waals surface area contributed by atoms with Gasteiger partial charge in [0, 0.05) is 12.4 Å².